The number of nitrogens with zero attached hydrogens (tertiary/aromatic N) is 2. The van der Waals surface area contributed by atoms with E-state index in [2.05, 4.69) is 36.1 Å². The molecule has 0 amide bonds. The van der Waals surface area contributed by atoms with Gasteiger partial charge in [-0.05, 0) is 20.3 Å². The van der Waals surface area contributed by atoms with Crippen LogP contribution in [-0.2, 0) is 4.74 Å². The van der Waals surface area contributed by atoms with E-state index in [0.717, 1.165) is 36.8 Å². The standard InChI is InChI=1S/C14H24N4O/c1-8(2)13-17-12(15)9(3)14(18-13)16-7-11-5-6-19-10(11)4/h8,10-11H,5-7H2,1-4H3,(H3,15,16,17,18). The van der Waals surface area contributed by atoms with Crippen LogP contribution in [0.5, 0.6) is 0 Å². The first-order valence-corrected chi connectivity index (χ1v) is 6.98. The molecular formula is C14H24N4O. The van der Waals surface area contributed by atoms with Crippen molar-refractivity contribution in [1.82, 2.24) is 9.97 Å². The summed E-state index contributed by atoms with van der Waals surface area (Å²) < 4.78 is 5.57. The van der Waals surface area contributed by atoms with E-state index < -0.39 is 0 Å². The van der Waals surface area contributed by atoms with E-state index in [1.807, 2.05) is 6.92 Å². The highest BCUT2D eigenvalue weighted by Crippen LogP contribution is 2.24. The zero-order valence-corrected chi connectivity index (χ0v) is 12.2. The van der Waals surface area contributed by atoms with Crippen LogP contribution >= 0.6 is 0 Å². The predicted molar refractivity (Wildman–Crippen MR) is 77.3 cm³/mol. The summed E-state index contributed by atoms with van der Waals surface area (Å²) in [5.74, 6) is 3.03. The molecule has 5 heteroatoms. The van der Waals surface area contributed by atoms with Crippen molar-refractivity contribution in [3.05, 3.63) is 11.4 Å². The van der Waals surface area contributed by atoms with Gasteiger partial charge in [-0.15, -0.1) is 0 Å². The van der Waals surface area contributed by atoms with Gasteiger partial charge in [0.1, 0.15) is 17.5 Å². The summed E-state index contributed by atoms with van der Waals surface area (Å²) in [5.41, 5.74) is 6.88. The van der Waals surface area contributed by atoms with Crippen LogP contribution in [0.2, 0.25) is 0 Å². The molecule has 106 valence electrons. The maximum absolute atomic E-state index is 5.95. The molecule has 2 rings (SSSR count). The van der Waals surface area contributed by atoms with Crippen molar-refractivity contribution in [3.8, 4) is 0 Å². The van der Waals surface area contributed by atoms with Crippen molar-refractivity contribution in [2.75, 3.05) is 24.2 Å². The lowest BCUT2D eigenvalue weighted by Crippen LogP contribution is -2.22. The van der Waals surface area contributed by atoms with E-state index >= 15 is 0 Å². The molecule has 2 atom stereocenters. The summed E-state index contributed by atoms with van der Waals surface area (Å²) >= 11 is 0. The van der Waals surface area contributed by atoms with Crippen molar-refractivity contribution < 1.29 is 4.74 Å². The van der Waals surface area contributed by atoms with E-state index in [1.54, 1.807) is 0 Å². The van der Waals surface area contributed by atoms with Gasteiger partial charge >= 0.3 is 0 Å². The van der Waals surface area contributed by atoms with Crippen LogP contribution in [0.15, 0.2) is 0 Å². The molecular weight excluding hydrogens is 240 g/mol. The molecule has 0 radical (unpaired) electrons. The minimum Gasteiger partial charge on any atom is -0.383 e. The quantitative estimate of drug-likeness (QED) is 0.873. The van der Waals surface area contributed by atoms with E-state index in [4.69, 9.17) is 10.5 Å². The average Bonchev–Trinajstić information content (AvgIpc) is 2.76. The number of nitrogens with one attached hydrogen (secondary N) is 1. The Balaban J connectivity index is 2.10. The molecule has 0 aromatic carbocycles. The molecule has 19 heavy (non-hydrogen) atoms. The normalized spacial score (nSPS) is 23.0. The number of nitrogen functional groups attached to an aromatic ring is 1. The lowest BCUT2D eigenvalue weighted by Gasteiger charge is -2.17. The Morgan fingerprint density at radius 3 is 2.74 bits per heavy atom. The monoisotopic (exact) mass is 264 g/mol. The molecule has 3 N–H and O–H groups in total. The first-order valence-electron chi connectivity index (χ1n) is 6.98. The number of rotatable bonds is 4. The molecule has 0 saturated carbocycles. The molecule has 0 aliphatic carbocycles. The number of nitrogens with two attached hydrogens (primary N) is 1. The number of ether oxygens (including phenoxy) is 1. The zero-order chi connectivity index (χ0) is 14.0. The van der Waals surface area contributed by atoms with Gasteiger partial charge in [-0.1, -0.05) is 13.8 Å². The van der Waals surface area contributed by atoms with Gasteiger partial charge in [0.05, 0.1) is 6.10 Å². The molecule has 1 fully saturated rings. The van der Waals surface area contributed by atoms with Gasteiger partial charge < -0.3 is 15.8 Å². The van der Waals surface area contributed by atoms with E-state index in [1.165, 1.54) is 0 Å². The van der Waals surface area contributed by atoms with Crippen molar-refractivity contribution >= 4 is 11.6 Å². The van der Waals surface area contributed by atoms with Crippen LogP contribution < -0.4 is 11.1 Å². The first-order chi connectivity index (χ1) is 8.99. The van der Waals surface area contributed by atoms with Crippen LogP contribution in [0, 0.1) is 12.8 Å². The van der Waals surface area contributed by atoms with Crippen molar-refractivity contribution in [2.24, 2.45) is 5.92 Å². The summed E-state index contributed by atoms with van der Waals surface area (Å²) in [6.45, 7) is 9.95. The Hall–Kier alpha value is -1.36. The van der Waals surface area contributed by atoms with Gasteiger partial charge in [-0.3, -0.25) is 0 Å². The minimum atomic E-state index is 0.275. The van der Waals surface area contributed by atoms with Crippen LogP contribution in [0.25, 0.3) is 0 Å². The van der Waals surface area contributed by atoms with Crippen LogP contribution in [0.4, 0.5) is 11.6 Å². The Labute approximate surface area is 115 Å². The van der Waals surface area contributed by atoms with Crippen molar-refractivity contribution in [2.45, 2.75) is 46.1 Å². The van der Waals surface area contributed by atoms with E-state index in [0.29, 0.717) is 17.8 Å². The third-order valence-electron chi connectivity index (χ3n) is 3.78. The molecule has 2 heterocycles. The predicted octanol–water partition coefficient (Wildman–Crippen LogP) is 2.33. The number of hydrogen-bond acceptors (Lipinski definition) is 5. The minimum absolute atomic E-state index is 0.275. The Morgan fingerprint density at radius 1 is 1.42 bits per heavy atom. The maximum Gasteiger partial charge on any atom is 0.135 e. The van der Waals surface area contributed by atoms with Gasteiger partial charge in [0.15, 0.2) is 0 Å². The van der Waals surface area contributed by atoms with Crippen LogP contribution in [-0.4, -0.2) is 29.2 Å². The van der Waals surface area contributed by atoms with E-state index in [9.17, 15) is 0 Å². The number of hydrogen-bond donors (Lipinski definition) is 2. The Bertz CT molecular complexity index is 447. The molecule has 0 spiro atoms. The lowest BCUT2D eigenvalue weighted by molar-refractivity contribution is 0.108. The van der Waals surface area contributed by atoms with Gasteiger partial charge in [0.2, 0.25) is 0 Å². The highest BCUT2D eigenvalue weighted by atomic mass is 16.5. The largest absolute Gasteiger partial charge is 0.383 e. The Kier molecular flexibility index (Phi) is 4.24. The number of anilines is 2. The smallest absolute Gasteiger partial charge is 0.135 e. The highest BCUT2D eigenvalue weighted by Gasteiger charge is 2.24. The molecule has 1 aromatic heterocycles. The van der Waals surface area contributed by atoms with Crippen molar-refractivity contribution in [3.63, 3.8) is 0 Å². The van der Waals surface area contributed by atoms with E-state index in [-0.39, 0.29) is 5.92 Å². The molecule has 1 aliphatic heterocycles. The summed E-state index contributed by atoms with van der Waals surface area (Å²) in [7, 11) is 0. The van der Waals surface area contributed by atoms with Crippen molar-refractivity contribution in [1.29, 1.82) is 0 Å². The second-order valence-electron chi connectivity index (χ2n) is 5.60. The first kappa shape index (κ1) is 14.1. The fraction of sp³-hybridized carbons (Fsp3) is 0.714. The average molecular weight is 264 g/mol. The molecule has 1 aliphatic rings. The summed E-state index contributed by atoms with van der Waals surface area (Å²) in [6, 6.07) is 0. The maximum atomic E-state index is 5.95. The van der Waals surface area contributed by atoms with Crippen LogP contribution in [0.1, 0.15) is 44.5 Å². The second-order valence-corrected chi connectivity index (χ2v) is 5.60. The number of aromatic nitrogens is 2. The summed E-state index contributed by atoms with van der Waals surface area (Å²) in [5, 5.41) is 3.41. The van der Waals surface area contributed by atoms with Gasteiger partial charge in [-0.25, -0.2) is 9.97 Å². The fourth-order valence-corrected chi connectivity index (χ4v) is 2.25. The summed E-state index contributed by atoms with van der Waals surface area (Å²) in [4.78, 5) is 8.91. The lowest BCUT2D eigenvalue weighted by atomic mass is 10.0. The van der Waals surface area contributed by atoms with Gasteiger partial charge in [-0.2, -0.15) is 0 Å². The molecule has 2 unspecified atom stereocenters. The second kappa shape index (κ2) is 5.74. The molecule has 5 nitrogen and oxygen atoms in total. The van der Waals surface area contributed by atoms with Gasteiger partial charge in [0, 0.05) is 30.6 Å². The fourth-order valence-electron chi connectivity index (χ4n) is 2.25. The Morgan fingerprint density at radius 2 is 2.16 bits per heavy atom. The molecule has 0 bridgehead atoms. The third kappa shape index (κ3) is 3.15. The van der Waals surface area contributed by atoms with Gasteiger partial charge in [0.25, 0.3) is 0 Å². The zero-order valence-electron chi connectivity index (χ0n) is 12.2. The molecule has 1 aromatic rings. The summed E-state index contributed by atoms with van der Waals surface area (Å²) in [6.07, 6.45) is 1.42. The SMILES string of the molecule is Cc1c(N)nc(C(C)C)nc1NCC1CCOC1C. The van der Waals surface area contributed by atoms with Crippen LogP contribution in [0.3, 0.4) is 0 Å². The molecule has 1 saturated heterocycles. The third-order valence-corrected chi connectivity index (χ3v) is 3.78. The highest BCUT2D eigenvalue weighted by molar-refractivity contribution is 5.55. The topological polar surface area (TPSA) is 73.1 Å².